The fourth-order valence-corrected chi connectivity index (χ4v) is 2.22. The van der Waals surface area contributed by atoms with Crippen molar-refractivity contribution >= 4 is 28.9 Å². The summed E-state index contributed by atoms with van der Waals surface area (Å²) in [5.41, 5.74) is 1.89. The van der Waals surface area contributed by atoms with Crippen molar-refractivity contribution in [1.29, 1.82) is 0 Å². The third-order valence-corrected chi connectivity index (χ3v) is 3.21. The number of hydrogen-bond donors (Lipinski definition) is 2. The maximum Gasteiger partial charge on any atom is 0.180 e. The van der Waals surface area contributed by atoms with Crippen molar-refractivity contribution in [3.05, 3.63) is 53.4 Å². The maximum absolute atomic E-state index is 5.98. The van der Waals surface area contributed by atoms with Gasteiger partial charge < -0.3 is 15.0 Å². The summed E-state index contributed by atoms with van der Waals surface area (Å²) in [5.74, 6) is 1.52. The van der Waals surface area contributed by atoms with Gasteiger partial charge in [0, 0.05) is 31.0 Å². The van der Waals surface area contributed by atoms with Gasteiger partial charge in [-0.1, -0.05) is 23.7 Å². The highest BCUT2D eigenvalue weighted by molar-refractivity contribution is 6.30. The molecular formula is C14H14ClN5. The molecule has 5 nitrogen and oxygen atoms in total. The Balaban J connectivity index is 1.88. The summed E-state index contributed by atoms with van der Waals surface area (Å²) in [6.45, 7) is 0.642. The van der Waals surface area contributed by atoms with Crippen LogP contribution in [0.5, 0.6) is 0 Å². The molecule has 0 atom stereocenters. The van der Waals surface area contributed by atoms with E-state index >= 15 is 0 Å². The largest absolute Gasteiger partial charge is 0.372 e. The topological polar surface area (TPSA) is 54.2 Å². The van der Waals surface area contributed by atoms with Gasteiger partial charge in [-0.3, -0.25) is 0 Å². The Bertz CT molecular complexity index is 737. The number of halogens is 1. The van der Waals surface area contributed by atoms with Gasteiger partial charge in [0.2, 0.25) is 0 Å². The minimum absolute atomic E-state index is 0.642. The Kier molecular flexibility index (Phi) is 3.43. The molecule has 3 aromatic rings. The Morgan fingerprint density at radius 1 is 1.35 bits per heavy atom. The van der Waals surface area contributed by atoms with Crippen LogP contribution in [0, 0.1) is 0 Å². The van der Waals surface area contributed by atoms with Crippen molar-refractivity contribution in [3.63, 3.8) is 0 Å². The van der Waals surface area contributed by atoms with Gasteiger partial charge >= 0.3 is 0 Å². The highest BCUT2D eigenvalue weighted by Gasteiger charge is 2.06. The van der Waals surface area contributed by atoms with E-state index in [2.05, 4.69) is 20.6 Å². The Hall–Kier alpha value is -2.27. The quantitative estimate of drug-likeness (QED) is 0.774. The van der Waals surface area contributed by atoms with Crippen LogP contribution in [0.3, 0.4) is 0 Å². The Morgan fingerprint density at radius 3 is 3.05 bits per heavy atom. The molecule has 2 N–H and O–H groups in total. The first-order valence-corrected chi connectivity index (χ1v) is 6.64. The van der Waals surface area contributed by atoms with E-state index in [0.717, 1.165) is 27.9 Å². The molecule has 1 aromatic carbocycles. The van der Waals surface area contributed by atoms with Gasteiger partial charge in [0.1, 0.15) is 5.82 Å². The van der Waals surface area contributed by atoms with Crippen molar-refractivity contribution in [2.24, 2.45) is 0 Å². The summed E-state index contributed by atoms with van der Waals surface area (Å²) in [5, 5.41) is 7.06. The summed E-state index contributed by atoms with van der Waals surface area (Å²) in [7, 11) is 1.84. The summed E-state index contributed by atoms with van der Waals surface area (Å²) in [4.78, 5) is 8.80. The monoisotopic (exact) mass is 287 g/mol. The predicted molar refractivity (Wildman–Crippen MR) is 81.3 cm³/mol. The Morgan fingerprint density at radius 2 is 2.25 bits per heavy atom. The van der Waals surface area contributed by atoms with Crippen LogP contribution in [0.25, 0.3) is 5.65 Å². The maximum atomic E-state index is 5.98. The van der Waals surface area contributed by atoms with E-state index in [9.17, 15) is 0 Å². The number of aromatic nitrogens is 3. The number of nitrogens with zero attached hydrogens (tertiary/aromatic N) is 3. The summed E-state index contributed by atoms with van der Waals surface area (Å²) >= 11 is 5.98. The third kappa shape index (κ3) is 2.53. The minimum atomic E-state index is 0.642. The standard InChI is InChI=1S/C14H14ClN5/c1-16-12-9-20-6-5-17-14(20)13(19-12)18-8-10-3-2-4-11(15)7-10/h2-7,9,16H,8H2,1H3,(H,18,19). The molecule has 0 aliphatic rings. The zero-order valence-electron chi connectivity index (χ0n) is 11.0. The first-order valence-electron chi connectivity index (χ1n) is 6.26. The molecule has 0 radical (unpaired) electrons. The average molecular weight is 288 g/mol. The van der Waals surface area contributed by atoms with Crippen LogP contribution in [0.2, 0.25) is 5.02 Å². The zero-order valence-corrected chi connectivity index (χ0v) is 11.7. The molecule has 102 valence electrons. The van der Waals surface area contributed by atoms with Crippen LogP contribution >= 0.6 is 11.6 Å². The number of rotatable bonds is 4. The first-order chi connectivity index (χ1) is 9.76. The van der Waals surface area contributed by atoms with E-state index in [4.69, 9.17) is 11.6 Å². The van der Waals surface area contributed by atoms with Crippen LogP contribution in [0.15, 0.2) is 42.9 Å². The molecule has 0 bridgehead atoms. The van der Waals surface area contributed by atoms with Crippen molar-refractivity contribution in [1.82, 2.24) is 14.4 Å². The number of imidazole rings is 1. The molecule has 20 heavy (non-hydrogen) atoms. The van der Waals surface area contributed by atoms with Crippen molar-refractivity contribution in [2.75, 3.05) is 17.7 Å². The van der Waals surface area contributed by atoms with E-state index in [1.807, 2.05) is 48.1 Å². The Labute approximate surface area is 121 Å². The molecule has 0 saturated carbocycles. The average Bonchev–Trinajstić information content (AvgIpc) is 2.93. The molecule has 0 aliphatic carbocycles. The van der Waals surface area contributed by atoms with Crippen LogP contribution in [0.1, 0.15) is 5.56 Å². The van der Waals surface area contributed by atoms with Gasteiger partial charge in [-0.15, -0.1) is 0 Å². The van der Waals surface area contributed by atoms with Gasteiger partial charge in [0.25, 0.3) is 0 Å². The van der Waals surface area contributed by atoms with Crippen molar-refractivity contribution in [3.8, 4) is 0 Å². The molecule has 0 aliphatic heterocycles. The lowest BCUT2D eigenvalue weighted by molar-refractivity contribution is 1.07. The highest BCUT2D eigenvalue weighted by atomic mass is 35.5. The lowest BCUT2D eigenvalue weighted by Gasteiger charge is -2.09. The second kappa shape index (κ2) is 5.38. The van der Waals surface area contributed by atoms with E-state index in [1.165, 1.54) is 0 Å². The van der Waals surface area contributed by atoms with Gasteiger partial charge in [-0.25, -0.2) is 9.97 Å². The SMILES string of the molecule is CNc1cn2ccnc2c(NCc2cccc(Cl)c2)n1. The zero-order chi connectivity index (χ0) is 13.9. The van der Waals surface area contributed by atoms with E-state index in [-0.39, 0.29) is 0 Å². The van der Waals surface area contributed by atoms with E-state index in [1.54, 1.807) is 6.20 Å². The lowest BCUT2D eigenvalue weighted by atomic mass is 10.2. The molecule has 2 heterocycles. The molecule has 0 saturated heterocycles. The molecule has 0 fully saturated rings. The summed E-state index contributed by atoms with van der Waals surface area (Å²) in [6.07, 6.45) is 5.54. The molecule has 3 rings (SSSR count). The summed E-state index contributed by atoms with van der Waals surface area (Å²) in [6, 6.07) is 7.74. The van der Waals surface area contributed by atoms with Gasteiger partial charge in [-0.2, -0.15) is 0 Å². The molecular weight excluding hydrogens is 274 g/mol. The fraction of sp³-hybridized carbons (Fsp3) is 0.143. The van der Waals surface area contributed by atoms with Gasteiger partial charge in [0.15, 0.2) is 11.5 Å². The van der Waals surface area contributed by atoms with Crippen LogP contribution in [-0.2, 0) is 6.54 Å². The smallest absolute Gasteiger partial charge is 0.180 e. The molecule has 2 aromatic heterocycles. The number of anilines is 2. The summed E-state index contributed by atoms with van der Waals surface area (Å²) < 4.78 is 1.93. The lowest BCUT2D eigenvalue weighted by Crippen LogP contribution is -2.06. The van der Waals surface area contributed by atoms with Gasteiger partial charge in [0.05, 0.1) is 6.20 Å². The van der Waals surface area contributed by atoms with Gasteiger partial charge in [-0.05, 0) is 17.7 Å². The second-order valence-electron chi connectivity index (χ2n) is 4.37. The third-order valence-electron chi connectivity index (χ3n) is 2.98. The van der Waals surface area contributed by atoms with Crippen LogP contribution < -0.4 is 10.6 Å². The first kappa shape index (κ1) is 12.7. The minimum Gasteiger partial charge on any atom is -0.372 e. The molecule has 0 unspecified atom stereocenters. The molecule has 0 spiro atoms. The predicted octanol–water partition coefficient (Wildman–Crippen LogP) is 3.04. The number of fused-ring (bicyclic) bond motifs is 1. The molecule has 6 heteroatoms. The van der Waals surface area contributed by atoms with E-state index < -0.39 is 0 Å². The highest BCUT2D eigenvalue weighted by Crippen LogP contribution is 2.18. The van der Waals surface area contributed by atoms with E-state index in [0.29, 0.717) is 6.54 Å². The number of nitrogens with one attached hydrogen (secondary N) is 2. The normalized spacial score (nSPS) is 10.7. The fourth-order valence-electron chi connectivity index (χ4n) is 2.00. The van der Waals surface area contributed by atoms with Crippen LogP contribution in [-0.4, -0.2) is 21.4 Å². The van der Waals surface area contributed by atoms with Crippen LogP contribution in [0.4, 0.5) is 11.6 Å². The second-order valence-corrected chi connectivity index (χ2v) is 4.80. The molecule has 0 amide bonds. The number of hydrogen-bond acceptors (Lipinski definition) is 4. The van der Waals surface area contributed by atoms with Crippen molar-refractivity contribution in [2.45, 2.75) is 6.54 Å². The number of benzene rings is 1. The van der Waals surface area contributed by atoms with Crippen molar-refractivity contribution < 1.29 is 0 Å².